The maximum atomic E-state index is 12.3. The first-order chi connectivity index (χ1) is 12.2. The molecule has 0 unspecified atom stereocenters. The number of hydrogen-bond acceptors (Lipinski definition) is 4. The number of carbonyl (C=O) groups is 2. The van der Waals surface area contributed by atoms with Gasteiger partial charge in [-0.15, -0.1) is 0 Å². The lowest BCUT2D eigenvalue weighted by Crippen LogP contribution is -2.50. The Balaban J connectivity index is 1.33. The van der Waals surface area contributed by atoms with E-state index in [0.29, 0.717) is 24.6 Å². The van der Waals surface area contributed by atoms with Crippen LogP contribution in [-0.4, -0.2) is 73.6 Å². The van der Waals surface area contributed by atoms with Gasteiger partial charge >= 0.3 is 0 Å². The maximum absolute atomic E-state index is 12.3. The number of nitrogens with zero attached hydrogens (tertiary/aromatic N) is 2. The summed E-state index contributed by atoms with van der Waals surface area (Å²) in [7, 11) is 0. The molecule has 1 N–H and O–H groups in total. The number of rotatable bonds is 6. The Morgan fingerprint density at radius 1 is 1.12 bits per heavy atom. The van der Waals surface area contributed by atoms with Crippen LogP contribution in [0.25, 0.3) is 0 Å². The van der Waals surface area contributed by atoms with Gasteiger partial charge in [-0.25, -0.2) is 0 Å². The zero-order chi connectivity index (χ0) is 17.5. The van der Waals surface area contributed by atoms with Crippen molar-refractivity contribution < 1.29 is 14.3 Å². The van der Waals surface area contributed by atoms with Gasteiger partial charge in [0.05, 0.1) is 6.10 Å². The summed E-state index contributed by atoms with van der Waals surface area (Å²) in [6, 6.07) is 9.07. The van der Waals surface area contributed by atoms with Crippen molar-refractivity contribution in [3.63, 3.8) is 0 Å². The van der Waals surface area contributed by atoms with Gasteiger partial charge in [0, 0.05) is 57.9 Å². The van der Waals surface area contributed by atoms with E-state index < -0.39 is 0 Å². The Morgan fingerprint density at radius 3 is 2.56 bits per heavy atom. The van der Waals surface area contributed by atoms with Gasteiger partial charge in [0.1, 0.15) is 0 Å². The molecule has 1 aromatic rings. The molecule has 25 heavy (non-hydrogen) atoms. The average Bonchev–Trinajstić information content (AvgIpc) is 3.16. The fourth-order valence-corrected chi connectivity index (χ4v) is 3.39. The van der Waals surface area contributed by atoms with Gasteiger partial charge in [0.25, 0.3) is 5.91 Å². The minimum Gasteiger partial charge on any atom is -0.377 e. The predicted molar refractivity (Wildman–Crippen MR) is 95.4 cm³/mol. The van der Waals surface area contributed by atoms with Crippen molar-refractivity contribution in [3.8, 4) is 0 Å². The summed E-state index contributed by atoms with van der Waals surface area (Å²) in [6.07, 6.45) is 3.04. The molecule has 0 saturated carbocycles. The molecule has 0 radical (unpaired) electrons. The van der Waals surface area contributed by atoms with Crippen molar-refractivity contribution >= 4 is 11.8 Å². The topological polar surface area (TPSA) is 61.9 Å². The standard InChI is InChI=1S/C19H27N3O3/c23-18(8-9-20-19(24)16-5-2-1-3-6-16)22-12-10-21(11-13-22)15-17-7-4-14-25-17/h1-3,5-6,17H,4,7-15H2,(H,20,24)/t17-/m0/s1. The van der Waals surface area contributed by atoms with Crippen molar-refractivity contribution in [3.05, 3.63) is 35.9 Å². The van der Waals surface area contributed by atoms with E-state index in [1.807, 2.05) is 23.1 Å². The number of piperazine rings is 1. The zero-order valence-corrected chi connectivity index (χ0v) is 14.7. The van der Waals surface area contributed by atoms with Crippen molar-refractivity contribution in [1.82, 2.24) is 15.1 Å². The Hall–Kier alpha value is -1.92. The third-order valence-corrected chi connectivity index (χ3v) is 4.87. The summed E-state index contributed by atoms with van der Waals surface area (Å²) in [6.45, 7) is 5.58. The first kappa shape index (κ1) is 17.9. The van der Waals surface area contributed by atoms with Gasteiger partial charge in [0.15, 0.2) is 0 Å². The van der Waals surface area contributed by atoms with Crippen LogP contribution < -0.4 is 5.32 Å². The third kappa shape index (κ3) is 5.28. The van der Waals surface area contributed by atoms with Gasteiger partial charge in [-0.1, -0.05) is 18.2 Å². The molecular weight excluding hydrogens is 318 g/mol. The van der Waals surface area contributed by atoms with E-state index in [1.165, 1.54) is 0 Å². The third-order valence-electron chi connectivity index (χ3n) is 4.87. The minimum atomic E-state index is -0.130. The quantitative estimate of drug-likeness (QED) is 0.840. The largest absolute Gasteiger partial charge is 0.377 e. The van der Waals surface area contributed by atoms with E-state index in [0.717, 1.165) is 52.2 Å². The van der Waals surface area contributed by atoms with Gasteiger partial charge < -0.3 is 15.0 Å². The molecule has 2 aliphatic rings. The summed E-state index contributed by atoms with van der Waals surface area (Å²) >= 11 is 0. The van der Waals surface area contributed by atoms with Crippen LogP contribution >= 0.6 is 0 Å². The molecule has 2 aliphatic heterocycles. The van der Waals surface area contributed by atoms with E-state index >= 15 is 0 Å². The van der Waals surface area contributed by atoms with Crippen LogP contribution in [0, 0.1) is 0 Å². The molecule has 6 nitrogen and oxygen atoms in total. The second-order valence-electron chi connectivity index (χ2n) is 6.69. The van der Waals surface area contributed by atoms with Crippen LogP contribution in [0.3, 0.4) is 0 Å². The van der Waals surface area contributed by atoms with Crippen molar-refractivity contribution in [2.24, 2.45) is 0 Å². The number of hydrogen-bond donors (Lipinski definition) is 1. The molecule has 2 saturated heterocycles. The number of amides is 2. The fourth-order valence-electron chi connectivity index (χ4n) is 3.39. The molecule has 6 heteroatoms. The number of ether oxygens (including phenoxy) is 1. The highest BCUT2D eigenvalue weighted by atomic mass is 16.5. The number of carbonyl (C=O) groups excluding carboxylic acids is 2. The minimum absolute atomic E-state index is 0.116. The van der Waals surface area contributed by atoms with Crippen molar-refractivity contribution in [2.45, 2.75) is 25.4 Å². The smallest absolute Gasteiger partial charge is 0.251 e. The molecule has 2 heterocycles. The van der Waals surface area contributed by atoms with Gasteiger partial charge in [-0.05, 0) is 25.0 Å². The van der Waals surface area contributed by atoms with Crippen LogP contribution in [-0.2, 0) is 9.53 Å². The normalized spacial score (nSPS) is 21.3. The zero-order valence-electron chi connectivity index (χ0n) is 14.7. The van der Waals surface area contributed by atoms with Gasteiger partial charge in [-0.3, -0.25) is 14.5 Å². The lowest BCUT2D eigenvalue weighted by Gasteiger charge is -2.35. The first-order valence-corrected chi connectivity index (χ1v) is 9.17. The van der Waals surface area contributed by atoms with Crippen LogP contribution in [0.4, 0.5) is 0 Å². The monoisotopic (exact) mass is 345 g/mol. The lowest BCUT2D eigenvalue weighted by atomic mass is 10.2. The summed E-state index contributed by atoms with van der Waals surface area (Å²) in [4.78, 5) is 28.5. The molecule has 1 atom stereocenters. The average molecular weight is 345 g/mol. The van der Waals surface area contributed by atoms with Crippen molar-refractivity contribution in [1.29, 1.82) is 0 Å². The second kappa shape index (κ2) is 8.97. The molecule has 0 spiro atoms. The predicted octanol–water partition coefficient (Wildman–Crippen LogP) is 1.13. The summed E-state index contributed by atoms with van der Waals surface area (Å²) in [5, 5.41) is 2.81. The highest BCUT2D eigenvalue weighted by molar-refractivity contribution is 5.94. The van der Waals surface area contributed by atoms with Crippen LogP contribution in [0.5, 0.6) is 0 Å². The molecule has 0 bridgehead atoms. The van der Waals surface area contributed by atoms with E-state index in [-0.39, 0.29) is 11.8 Å². The SMILES string of the molecule is O=C(NCCC(=O)N1CCN(C[C@@H]2CCCO2)CC1)c1ccccc1. The molecule has 2 amide bonds. The molecule has 3 rings (SSSR count). The van der Waals surface area contributed by atoms with Gasteiger partial charge in [0.2, 0.25) is 5.91 Å². The highest BCUT2D eigenvalue weighted by Crippen LogP contribution is 2.14. The van der Waals surface area contributed by atoms with Crippen LogP contribution in [0.1, 0.15) is 29.6 Å². The lowest BCUT2D eigenvalue weighted by molar-refractivity contribution is -0.132. The van der Waals surface area contributed by atoms with E-state index in [2.05, 4.69) is 10.2 Å². The molecular formula is C19H27N3O3. The number of benzene rings is 1. The van der Waals surface area contributed by atoms with Crippen LogP contribution in [0.15, 0.2) is 30.3 Å². The number of nitrogens with one attached hydrogen (secondary N) is 1. The Kier molecular flexibility index (Phi) is 6.42. The van der Waals surface area contributed by atoms with E-state index in [4.69, 9.17) is 4.74 Å². The maximum Gasteiger partial charge on any atom is 0.251 e. The van der Waals surface area contributed by atoms with E-state index in [1.54, 1.807) is 12.1 Å². The molecule has 136 valence electrons. The fraction of sp³-hybridized carbons (Fsp3) is 0.579. The van der Waals surface area contributed by atoms with E-state index in [9.17, 15) is 9.59 Å². The molecule has 1 aromatic carbocycles. The summed E-state index contributed by atoms with van der Waals surface area (Å²) in [5.74, 6) is -0.0140. The molecule has 2 fully saturated rings. The Labute approximate surface area is 149 Å². The second-order valence-corrected chi connectivity index (χ2v) is 6.69. The highest BCUT2D eigenvalue weighted by Gasteiger charge is 2.24. The first-order valence-electron chi connectivity index (χ1n) is 9.17. The summed E-state index contributed by atoms with van der Waals surface area (Å²) < 4.78 is 5.68. The molecule has 0 aromatic heterocycles. The molecule has 0 aliphatic carbocycles. The Morgan fingerprint density at radius 2 is 1.88 bits per heavy atom. The van der Waals surface area contributed by atoms with Crippen molar-refractivity contribution in [2.75, 3.05) is 45.9 Å². The Bertz CT molecular complexity index is 565. The van der Waals surface area contributed by atoms with Gasteiger partial charge in [-0.2, -0.15) is 0 Å². The summed E-state index contributed by atoms with van der Waals surface area (Å²) in [5.41, 5.74) is 0.623. The van der Waals surface area contributed by atoms with Crippen LogP contribution in [0.2, 0.25) is 0 Å².